The number of aliphatic hydroxyl groups excluding tert-OH is 1. The van der Waals surface area contributed by atoms with Crippen LogP contribution in [0.3, 0.4) is 0 Å². The number of nitrogens with one attached hydrogen (secondary N) is 1. The molecular weight excluding hydrogens is 688 g/mol. The van der Waals surface area contributed by atoms with Crippen LogP contribution in [0.1, 0.15) is 113 Å². The predicted molar refractivity (Wildman–Crippen MR) is 209 cm³/mol. The summed E-state index contributed by atoms with van der Waals surface area (Å²) in [7, 11) is 0. The molecule has 3 N–H and O–H groups in total. The van der Waals surface area contributed by atoms with Gasteiger partial charge >= 0.3 is 5.69 Å². The maximum absolute atomic E-state index is 12.0. The second-order valence-corrected chi connectivity index (χ2v) is 16.8. The highest BCUT2D eigenvalue weighted by atomic mass is 16.6. The summed E-state index contributed by atoms with van der Waals surface area (Å²) in [6.45, 7) is 18.3. The molecule has 5 rings (SSSR count). The molecule has 4 aliphatic rings. The van der Waals surface area contributed by atoms with Crippen LogP contribution in [0.25, 0.3) is 0 Å². The van der Waals surface area contributed by atoms with Gasteiger partial charge < -0.3 is 33.9 Å². The average molecular weight is 755 g/mol. The largest absolute Gasteiger partial charge is 0.391 e. The number of allylic oxidation sites excluding steroid dienone is 7. The van der Waals surface area contributed by atoms with Crippen molar-refractivity contribution in [3.63, 3.8) is 0 Å². The van der Waals surface area contributed by atoms with Crippen LogP contribution in [0.15, 0.2) is 70.0 Å². The molecule has 4 aliphatic heterocycles. The molecule has 4 saturated heterocycles. The van der Waals surface area contributed by atoms with Gasteiger partial charge in [0.25, 0.3) is 5.56 Å². The minimum absolute atomic E-state index is 0.0859. The molecule has 1 aromatic heterocycles. The van der Waals surface area contributed by atoms with Crippen LogP contribution in [0, 0.1) is 5.92 Å². The maximum Gasteiger partial charge on any atom is 0.328 e. The van der Waals surface area contributed by atoms with Gasteiger partial charge in [0.15, 0.2) is 0 Å². The Bertz CT molecular complexity index is 1610. The highest BCUT2D eigenvalue weighted by Crippen LogP contribution is 2.45. The van der Waals surface area contributed by atoms with E-state index in [1.54, 1.807) is 13.0 Å². The summed E-state index contributed by atoms with van der Waals surface area (Å²) in [5.74, 6) is 0.273. The number of hydrogen-bond donors (Lipinski definition) is 3. The SMILES string of the molecule is C=C/C=C\CCC1OC2CCC3(C)OC(C(C)O)C(OC4CC(C)C(CC/C=C(C)/C(C)=C/Cn5ccc(=O)[nH]c5=O)OC4C)CC3OC2CCC1(C)O. The van der Waals surface area contributed by atoms with Gasteiger partial charge in [-0.15, -0.1) is 0 Å². The predicted octanol–water partition coefficient (Wildman–Crippen LogP) is 6.07. The molecule has 0 amide bonds. The molecule has 11 heteroatoms. The molecule has 54 heavy (non-hydrogen) atoms. The van der Waals surface area contributed by atoms with E-state index in [9.17, 15) is 19.8 Å². The van der Waals surface area contributed by atoms with E-state index in [1.807, 2.05) is 26.0 Å². The molecule has 4 fully saturated rings. The molecular formula is C43H66N2O9. The Morgan fingerprint density at radius 2 is 1.76 bits per heavy atom. The zero-order chi connectivity index (χ0) is 39.2. The van der Waals surface area contributed by atoms with Crippen LogP contribution in [0.4, 0.5) is 0 Å². The van der Waals surface area contributed by atoms with Crippen LogP contribution in [-0.2, 0) is 30.2 Å². The Kier molecular flexibility index (Phi) is 14.6. The average Bonchev–Trinajstić information content (AvgIpc) is 3.32. The number of hydrogen-bond acceptors (Lipinski definition) is 9. The molecule has 13 unspecified atom stereocenters. The molecule has 0 spiro atoms. The van der Waals surface area contributed by atoms with Gasteiger partial charge in [-0.2, -0.15) is 0 Å². The lowest BCUT2D eigenvalue weighted by molar-refractivity contribution is -0.281. The summed E-state index contributed by atoms with van der Waals surface area (Å²) < 4.78 is 35.3. The van der Waals surface area contributed by atoms with Crippen LogP contribution in [0.5, 0.6) is 0 Å². The topological polar surface area (TPSA) is 141 Å². The minimum atomic E-state index is -0.945. The van der Waals surface area contributed by atoms with Crippen molar-refractivity contribution in [3.8, 4) is 0 Å². The number of fused-ring (bicyclic) bond motifs is 2. The standard InChI is InChI=1S/C43H66N2O9/c1-9-10-11-12-16-37-42(7,49)21-17-33-34(52-37)18-22-43(8)38(53-33)26-36(40(54-43)30(5)46)51-35-25-29(4)32(50-31(35)6)15-13-14-27(2)28(3)19-23-45-24-20-39(47)44-41(45)48/h9-11,14,19-20,24,29-38,40,46,49H,1,12-13,15-18,21-23,25-26H2,2-8H3,(H,44,47,48)/b11-10-,27-14+,28-19+. The molecule has 0 saturated carbocycles. The normalized spacial score (nSPS) is 38.6. The number of rotatable bonds is 13. The zero-order valence-electron chi connectivity index (χ0n) is 33.6. The molecule has 13 atom stereocenters. The van der Waals surface area contributed by atoms with E-state index in [0.717, 1.165) is 56.1 Å². The first kappa shape index (κ1) is 42.5. The monoisotopic (exact) mass is 754 g/mol. The smallest absolute Gasteiger partial charge is 0.328 e. The molecule has 5 heterocycles. The summed E-state index contributed by atoms with van der Waals surface area (Å²) in [6, 6.07) is 1.35. The van der Waals surface area contributed by atoms with Gasteiger partial charge in [-0.05, 0) is 105 Å². The molecule has 1 aromatic rings. The number of nitrogens with zero attached hydrogens (tertiary/aromatic N) is 1. The molecule has 0 radical (unpaired) electrons. The first-order valence-electron chi connectivity index (χ1n) is 20.2. The number of aromatic amines is 1. The summed E-state index contributed by atoms with van der Waals surface area (Å²) >= 11 is 0. The first-order valence-corrected chi connectivity index (χ1v) is 20.2. The number of ether oxygens (including phenoxy) is 5. The Morgan fingerprint density at radius 1 is 1.04 bits per heavy atom. The van der Waals surface area contributed by atoms with E-state index in [4.69, 9.17) is 23.7 Å². The lowest BCUT2D eigenvalue weighted by Crippen LogP contribution is -2.60. The van der Waals surface area contributed by atoms with Crippen LogP contribution < -0.4 is 11.2 Å². The van der Waals surface area contributed by atoms with Crippen molar-refractivity contribution in [2.75, 3.05) is 0 Å². The highest BCUT2D eigenvalue weighted by molar-refractivity contribution is 5.26. The van der Waals surface area contributed by atoms with E-state index in [0.29, 0.717) is 25.8 Å². The number of aromatic nitrogens is 2. The Labute approximate surface area is 321 Å². The van der Waals surface area contributed by atoms with E-state index in [-0.39, 0.29) is 54.7 Å². The molecule has 302 valence electrons. The van der Waals surface area contributed by atoms with Crippen LogP contribution in [0.2, 0.25) is 0 Å². The Hall–Kier alpha value is -2.64. The quantitative estimate of drug-likeness (QED) is 0.205. The first-order chi connectivity index (χ1) is 25.6. The lowest BCUT2D eigenvalue weighted by Gasteiger charge is -2.50. The third-order valence-corrected chi connectivity index (χ3v) is 12.4. The molecule has 0 aromatic carbocycles. The van der Waals surface area contributed by atoms with Gasteiger partial charge in [0.05, 0.1) is 66.1 Å². The van der Waals surface area contributed by atoms with E-state index in [1.165, 1.54) is 16.8 Å². The maximum atomic E-state index is 12.0. The van der Waals surface area contributed by atoms with Gasteiger partial charge in [-0.1, -0.05) is 55.0 Å². The third kappa shape index (κ3) is 10.6. The van der Waals surface area contributed by atoms with E-state index < -0.39 is 34.7 Å². The van der Waals surface area contributed by atoms with Crippen molar-refractivity contribution >= 4 is 0 Å². The van der Waals surface area contributed by atoms with Gasteiger partial charge in [0.1, 0.15) is 6.10 Å². The van der Waals surface area contributed by atoms with Crippen molar-refractivity contribution in [1.29, 1.82) is 0 Å². The van der Waals surface area contributed by atoms with Crippen LogP contribution >= 0.6 is 0 Å². The van der Waals surface area contributed by atoms with Crippen LogP contribution in [-0.4, -0.2) is 92.0 Å². The molecule has 0 aliphatic carbocycles. The zero-order valence-corrected chi connectivity index (χ0v) is 33.6. The Morgan fingerprint density at radius 3 is 2.48 bits per heavy atom. The van der Waals surface area contributed by atoms with Gasteiger partial charge in [0.2, 0.25) is 0 Å². The minimum Gasteiger partial charge on any atom is -0.391 e. The van der Waals surface area contributed by atoms with Crippen molar-refractivity contribution in [2.24, 2.45) is 5.92 Å². The van der Waals surface area contributed by atoms with Gasteiger partial charge in [-0.25, -0.2) is 4.79 Å². The number of aliphatic hydroxyl groups is 2. The van der Waals surface area contributed by atoms with E-state index >= 15 is 0 Å². The Balaban J connectivity index is 1.18. The van der Waals surface area contributed by atoms with Crippen molar-refractivity contribution < 1.29 is 33.9 Å². The van der Waals surface area contributed by atoms with Crippen molar-refractivity contribution in [3.05, 3.63) is 81.2 Å². The van der Waals surface area contributed by atoms with Gasteiger partial charge in [-0.3, -0.25) is 14.3 Å². The fraction of sp³-hybridized carbons (Fsp3) is 0.721. The van der Waals surface area contributed by atoms with Crippen molar-refractivity contribution in [2.45, 2.75) is 191 Å². The summed E-state index contributed by atoms with van der Waals surface area (Å²) in [5, 5.41) is 22.4. The van der Waals surface area contributed by atoms with Gasteiger partial charge in [0, 0.05) is 25.2 Å². The fourth-order valence-electron chi connectivity index (χ4n) is 8.67. The molecule has 0 bridgehead atoms. The summed E-state index contributed by atoms with van der Waals surface area (Å²) in [6.07, 6.45) is 16.2. The third-order valence-electron chi connectivity index (χ3n) is 12.4. The summed E-state index contributed by atoms with van der Waals surface area (Å²) in [4.78, 5) is 25.7. The highest BCUT2D eigenvalue weighted by Gasteiger charge is 2.54. The van der Waals surface area contributed by atoms with E-state index in [2.05, 4.69) is 51.4 Å². The summed E-state index contributed by atoms with van der Waals surface area (Å²) in [5.41, 5.74) is -0.148. The number of H-pyrrole nitrogens is 1. The lowest BCUT2D eigenvalue weighted by atomic mass is 9.83. The second kappa shape index (κ2) is 18.5. The fourth-order valence-corrected chi connectivity index (χ4v) is 8.67. The molecule has 11 nitrogen and oxygen atoms in total. The van der Waals surface area contributed by atoms with Crippen molar-refractivity contribution in [1.82, 2.24) is 9.55 Å². The second-order valence-electron chi connectivity index (χ2n) is 16.8.